The van der Waals surface area contributed by atoms with Crippen molar-refractivity contribution in [1.82, 2.24) is 14.9 Å². The number of fused-ring (bicyclic) bond motifs is 1. The number of para-hydroxylation sites is 1. The van der Waals surface area contributed by atoms with Crippen LogP contribution in [0.3, 0.4) is 0 Å². The van der Waals surface area contributed by atoms with Crippen molar-refractivity contribution in [2.75, 3.05) is 24.6 Å². The van der Waals surface area contributed by atoms with Crippen LogP contribution in [0.2, 0.25) is 5.02 Å². The lowest BCUT2D eigenvalue weighted by Gasteiger charge is -2.32. The fourth-order valence-electron chi connectivity index (χ4n) is 4.36. The van der Waals surface area contributed by atoms with Crippen LogP contribution in [0.25, 0.3) is 0 Å². The van der Waals surface area contributed by atoms with Gasteiger partial charge in [-0.25, -0.2) is 9.37 Å². The minimum atomic E-state index is -0.266. The summed E-state index contributed by atoms with van der Waals surface area (Å²) in [7, 11) is 0. The Morgan fingerprint density at radius 1 is 1.06 bits per heavy atom. The number of imidazole rings is 1. The van der Waals surface area contributed by atoms with Gasteiger partial charge in [0.1, 0.15) is 12.4 Å². The summed E-state index contributed by atoms with van der Waals surface area (Å²) >= 11 is 6.02. The first-order valence-corrected chi connectivity index (χ1v) is 12.2. The van der Waals surface area contributed by atoms with E-state index in [1.807, 2.05) is 48.9 Å². The molecule has 0 saturated heterocycles. The van der Waals surface area contributed by atoms with Crippen molar-refractivity contribution in [3.63, 3.8) is 0 Å². The van der Waals surface area contributed by atoms with Gasteiger partial charge in [-0.15, -0.1) is 0 Å². The molecule has 2 heterocycles. The second-order valence-corrected chi connectivity index (χ2v) is 9.10. The molecule has 3 aromatic carbocycles. The Labute approximate surface area is 214 Å². The average Bonchev–Trinajstić information content (AvgIpc) is 3.32. The van der Waals surface area contributed by atoms with Crippen molar-refractivity contribution >= 4 is 23.2 Å². The van der Waals surface area contributed by atoms with Gasteiger partial charge in [0.25, 0.3) is 5.91 Å². The summed E-state index contributed by atoms with van der Waals surface area (Å²) in [6.07, 6.45) is 4.10. The monoisotopic (exact) mass is 504 g/mol. The van der Waals surface area contributed by atoms with Gasteiger partial charge in [-0.05, 0) is 47.9 Å². The molecule has 0 radical (unpaired) electrons. The van der Waals surface area contributed by atoms with Crippen LogP contribution in [-0.4, -0.2) is 35.2 Å². The SMILES string of the molecule is O=C(NCCc1ccccc1F)c1cccc2c1OCCN2Cc1cncn1Cc1ccc(Cl)cc1. The summed E-state index contributed by atoms with van der Waals surface area (Å²) in [6, 6.07) is 20.0. The van der Waals surface area contributed by atoms with Crippen molar-refractivity contribution in [3.05, 3.63) is 112 Å². The van der Waals surface area contributed by atoms with E-state index in [2.05, 4.69) is 19.8 Å². The van der Waals surface area contributed by atoms with Gasteiger partial charge < -0.3 is 19.5 Å². The lowest BCUT2D eigenvalue weighted by molar-refractivity contribution is 0.0949. The molecule has 8 heteroatoms. The molecular weight excluding hydrogens is 479 g/mol. The van der Waals surface area contributed by atoms with E-state index >= 15 is 0 Å². The molecule has 36 heavy (non-hydrogen) atoms. The lowest BCUT2D eigenvalue weighted by Crippen LogP contribution is -2.34. The maximum atomic E-state index is 13.9. The van der Waals surface area contributed by atoms with Crippen LogP contribution in [-0.2, 0) is 19.5 Å². The van der Waals surface area contributed by atoms with E-state index in [1.54, 1.807) is 24.3 Å². The summed E-state index contributed by atoms with van der Waals surface area (Å²) in [6.45, 7) is 2.81. The van der Waals surface area contributed by atoms with Crippen LogP contribution in [0.4, 0.5) is 10.1 Å². The highest BCUT2D eigenvalue weighted by Crippen LogP contribution is 2.35. The first-order chi connectivity index (χ1) is 17.6. The molecule has 0 spiro atoms. The number of rotatable bonds is 8. The van der Waals surface area contributed by atoms with Crippen LogP contribution < -0.4 is 15.0 Å². The van der Waals surface area contributed by atoms with Crippen molar-refractivity contribution in [3.8, 4) is 5.75 Å². The summed E-state index contributed by atoms with van der Waals surface area (Å²) < 4.78 is 21.9. The van der Waals surface area contributed by atoms with Gasteiger partial charge >= 0.3 is 0 Å². The van der Waals surface area contributed by atoms with Gasteiger partial charge in [0.05, 0.1) is 36.4 Å². The van der Waals surface area contributed by atoms with E-state index in [-0.39, 0.29) is 11.7 Å². The van der Waals surface area contributed by atoms with Gasteiger partial charge in [-0.1, -0.05) is 48.0 Å². The topological polar surface area (TPSA) is 59.4 Å². The summed E-state index contributed by atoms with van der Waals surface area (Å²) in [5.41, 5.74) is 4.10. The van der Waals surface area contributed by atoms with Gasteiger partial charge in [-0.2, -0.15) is 0 Å². The van der Waals surface area contributed by atoms with Crippen molar-refractivity contribution in [1.29, 1.82) is 0 Å². The van der Waals surface area contributed by atoms with Crippen LogP contribution >= 0.6 is 11.6 Å². The van der Waals surface area contributed by atoms with E-state index < -0.39 is 0 Å². The zero-order valence-electron chi connectivity index (χ0n) is 19.7. The minimum Gasteiger partial charge on any atom is -0.489 e. The number of anilines is 1. The smallest absolute Gasteiger partial charge is 0.255 e. The van der Waals surface area contributed by atoms with E-state index in [4.69, 9.17) is 16.3 Å². The van der Waals surface area contributed by atoms with E-state index in [9.17, 15) is 9.18 Å². The Bertz CT molecular complexity index is 1360. The number of ether oxygens (including phenoxy) is 1. The third kappa shape index (κ3) is 5.36. The highest BCUT2D eigenvalue weighted by Gasteiger charge is 2.24. The number of benzene rings is 3. The summed E-state index contributed by atoms with van der Waals surface area (Å²) in [5, 5.41) is 3.61. The third-order valence-corrected chi connectivity index (χ3v) is 6.49. The number of aromatic nitrogens is 2. The van der Waals surface area contributed by atoms with E-state index in [0.29, 0.717) is 61.1 Å². The standard InChI is InChI=1S/C28H26ClFN4O2/c29-22-10-8-20(9-11-22)17-34-19-31-16-23(34)18-33-14-15-36-27-24(5-3-7-26(27)33)28(35)32-13-12-21-4-1-2-6-25(21)30/h1-11,16,19H,12-15,17-18H2,(H,32,35). The molecule has 0 bridgehead atoms. The molecule has 1 aliphatic rings. The molecule has 1 aliphatic heterocycles. The van der Waals surface area contributed by atoms with Crippen LogP contribution in [0.1, 0.15) is 27.2 Å². The first kappa shape index (κ1) is 23.9. The van der Waals surface area contributed by atoms with Gasteiger partial charge in [0, 0.05) is 24.3 Å². The number of halogens is 2. The van der Waals surface area contributed by atoms with Crippen molar-refractivity contribution in [2.24, 2.45) is 0 Å². The normalized spacial score (nSPS) is 12.7. The Hall–Kier alpha value is -3.84. The summed E-state index contributed by atoms with van der Waals surface area (Å²) in [5.74, 6) is 0.0619. The molecule has 184 valence electrons. The molecule has 0 aliphatic carbocycles. The maximum Gasteiger partial charge on any atom is 0.255 e. The van der Waals surface area contributed by atoms with E-state index in [1.165, 1.54) is 6.07 Å². The Kier molecular flexibility index (Phi) is 7.18. The molecule has 6 nitrogen and oxygen atoms in total. The Balaban J connectivity index is 1.28. The van der Waals surface area contributed by atoms with Gasteiger partial charge in [0.15, 0.2) is 5.75 Å². The van der Waals surface area contributed by atoms with E-state index in [0.717, 1.165) is 16.9 Å². The number of nitrogens with one attached hydrogen (secondary N) is 1. The number of nitrogens with zero attached hydrogens (tertiary/aromatic N) is 3. The first-order valence-electron chi connectivity index (χ1n) is 11.8. The largest absolute Gasteiger partial charge is 0.489 e. The molecule has 4 aromatic rings. The minimum absolute atomic E-state index is 0.238. The second kappa shape index (κ2) is 10.8. The molecule has 0 atom stereocenters. The fourth-order valence-corrected chi connectivity index (χ4v) is 4.48. The molecule has 0 saturated carbocycles. The molecule has 1 amide bonds. The number of carbonyl (C=O) groups excluding carboxylic acids is 1. The molecule has 1 N–H and O–H groups in total. The zero-order valence-corrected chi connectivity index (χ0v) is 20.4. The number of amides is 1. The quantitative estimate of drug-likeness (QED) is 0.363. The second-order valence-electron chi connectivity index (χ2n) is 8.66. The lowest BCUT2D eigenvalue weighted by atomic mass is 10.1. The fraction of sp³-hybridized carbons (Fsp3) is 0.214. The van der Waals surface area contributed by atoms with Crippen LogP contribution in [0.15, 0.2) is 79.3 Å². The molecule has 1 aromatic heterocycles. The predicted octanol–water partition coefficient (Wildman–Crippen LogP) is 5.10. The molecule has 0 unspecified atom stereocenters. The van der Waals surface area contributed by atoms with Crippen LogP contribution in [0, 0.1) is 5.82 Å². The summed E-state index contributed by atoms with van der Waals surface area (Å²) in [4.78, 5) is 19.5. The average molecular weight is 505 g/mol. The van der Waals surface area contributed by atoms with Crippen molar-refractivity contribution in [2.45, 2.75) is 19.5 Å². The third-order valence-electron chi connectivity index (χ3n) is 6.24. The maximum absolute atomic E-state index is 13.9. The van der Waals surface area contributed by atoms with Crippen LogP contribution in [0.5, 0.6) is 5.75 Å². The predicted molar refractivity (Wildman–Crippen MR) is 138 cm³/mol. The van der Waals surface area contributed by atoms with Gasteiger partial charge in [-0.3, -0.25) is 4.79 Å². The molecular formula is C28H26ClFN4O2. The molecule has 5 rings (SSSR count). The highest BCUT2D eigenvalue weighted by molar-refractivity contribution is 6.30. The number of carbonyl (C=O) groups is 1. The highest BCUT2D eigenvalue weighted by atomic mass is 35.5. The number of hydrogen-bond acceptors (Lipinski definition) is 4. The number of hydrogen-bond donors (Lipinski definition) is 1. The van der Waals surface area contributed by atoms with Crippen molar-refractivity contribution < 1.29 is 13.9 Å². The zero-order chi connectivity index (χ0) is 24.9. The Morgan fingerprint density at radius 3 is 2.72 bits per heavy atom. The van der Waals surface area contributed by atoms with Gasteiger partial charge in [0.2, 0.25) is 0 Å². The Morgan fingerprint density at radius 2 is 1.89 bits per heavy atom. The molecule has 0 fully saturated rings.